The molecule has 0 saturated carbocycles. The van der Waals surface area contributed by atoms with E-state index in [9.17, 15) is 5.11 Å². The van der Waals surface area contributed by atoms with Crippen LogP contribution in [0.2, 0.25) is 5.02 Å². The van der Waals surface area contributed by atoms with Crippen molar-refractivity contribution in [2.75, 3.05) is 0 Å². The molecule has 1 heterocycles. The number of aromatic nitrogens is 2. The minimum absolute atomic E-state index is 0.274. The Morgan fingerprint density at radius 2 is 1.90 bits per heavy atom. The highest BCUT2D eigenvalue weighted by Gasteiger charge is 2.06. The largest absolute Gasteiger partial charge is 0.508 e. The van der Waals surface area contributed by atoms with E-state index in [4.69, 9.17) is 11.6 Å². The molecule has 1 aromatic heterocycles. The molecule has 0 aliphatic rings. The van der Waals surface area contributed by atoms with Crippen molar-refractivity contribution in [1.82, 2.24) is 9.55 Å². The number of halogens is 1. The first-order valence-electron chi connectivity index (χ1n) is 6.27. The lowest BCUT2D eigenvalue weighted by molar-refractivity contribution is 0.474. The van der Waals surface area contributed by atoms with E-state index < -0.39 is 0 Å². The summed E-state index contributed by atoms with van der Waals surface area (Å²) in [6, 6.07) is 14.8. The summed E-state index contributed by atoms with van der Waals surface area (Å²) in [5.41, 5.74) is 2.04. The molecule has 4 heteroatoms. The summed E-state index contributed by atoms with van der Waals surface area (Å²) >= 11 is 5.91. The standard InChI is InChI=1S/C16H13ClN2O/c17-14-6-4-13(5-7-14)16-18-8-9-19(16)11-12-2-1-3-15(20)10-12/h1-10,20H,11H2. The summed E-state index contributed by atoms with van der Waals surface area (Å²) in [7, 11) is 0. The van der Waals surface area contributed by atoms with Gasteiger partial charge in [0.25, 0.3) is 0 Å². The zero-order chi connectivity index (χ0) is 13.9. The Morgan fingerprint density at radius 3 is 2.65 bits per heavy atom. The fourth-order valence-electron chi connectivity index (χ4n) is 2.15. The lowest BCUT2D eigenvalue weighted by Crippen LogP contribution is -2.00. The van der Waals surface area contributed by atoms with E-state index in [1.165, 1.54) is 0 Å². The highest BCUT2D eigenvalue weighted by Crippen LogP contribution is 2.21. The zero-order valence-electron chi connectivity index (χ0n) is 10.7. The fourth-order valence-corrected chi connectivity index (χ4v) is 2.27. The summed E-state index contributed by atoms with van der Waals surface area (Å²) in [4.78, 5) is 4.39. The van der Waals surface area contributed by atoms with Gasteiger partial charge in [0.2, 0.25) is 0 Å². The van der Waals surface area contributed by atoms with Crippen molar-refractivity contribution in [1.29, 1.82) is 0 Å². The van der Waals surface area contributed by atoms with Crippen LogP contribution in [0.15, 0.2) is 60.9 Å². The maximum absolute atomic E-state index is 9.52. The van der Waals surface area contributed by atoms with Crippen molar-refractivity contribution in [3.05, 3.63) is 71.5 Å². The third kappa shape index (κ3) is 2.68. The van der Waals surface area contributed by atoms with Gasteiger partial charge < -0.3 is 9.67 Å². The van der Waals surface area contributed by atoms with Gasteiger partial charge in [-0.15, -0.1) is 0 Å². The number of nitrogens with zero attached hydrogens (tertiary/aromatic N) is 2. The molecule has 0 atom stereocenters. The van der Waals surface area contributed by atoms with Gasteiger partial charge in [-0.3, -0.25) is 0 Å². The summed E-state index contributed by atoms with van der Waals surface area (Å²) in [5.74, 6) is 1.15. The molecule has 3 rings (SSSR count). The Bertz CT molecular complexity index is 719. The molecule has 0 aliphatic heterocycles. The minimum Gasteiger partial charge on any atom is -0.508 e. The van der Waals surface area contributed by atoms with Crippen LogP contribution in [0, 0.1) is 0 Å². The van der Waals surface area contributed by atoms with E-state index in [-0.39, 0.29) is 5.75 Å². The maximum Gasteiger partial charge on any atom is 0.140 e. The van der Waals surface area contributed by atoms with Gasteiger partial charge in [-0.2, -0.15) is 0 Å². The smallest absolute Gasteiger partial charge is 0.140 e. The predicted octanol–water partition coefficient (Wildman–Crippen LogP) is 3.96. The Hall–Kier alpha value is -2.26. The molecule has 0 fully saturated rings. The molecule has 0 aliphatic carbocycles. The molecule has 0 unspecified atom stereocenters. The van der Waals surface area contributed by atoms with Crippen molar-refractivity contribution in [3.63, 3.8) is 0 Å². The van der Waals surface area contributed by atoms with E-state index in [2.05, 4.69) is 4.98 Å². The second-order valence-corrected chi connectivity index (χ2v) is 4.99. The molecule has 1 N–H and O–H groups in total. The first kappa shape index (κ1) is 12.8. The molecule has 3 nitrogen and oxygen atoms in total. The Labute approximate surface area is 122 Å². The van der Waals surface area contributed by atoms with Crippen LogP contribution < -0.4 is 0 Å². The van der Waals surface area contributed by atoms with E-state index in [1.54, 1.807) is 18.3 Å². The van der Waals surface area contributed by atoms with Crippen molar-refractivity contribution >= 4 is 11.6 Å². The molecule has 2 aromatic carbocycles. The minimum atomic E-state index is 0.274. The van der Waals surface area contributed by atoms with Gasteiger partial charge in [0, 0.05) is 29.5 Å². The lowest BCUT2D eigenvalue weighted by atomic mass is 10.2. The molecule has 0 bridgehead atoms. The lowest BCUT2D eigenvalue weighted by Gasteiger charge is -2.08. The van der Waals surface area contributed by atoms with Gasteiger partial charge in [0.05, 0.1) is 0 Å². The van der Waals surface area contributed by atoms with Crippen molar-refractivity contribution < 1.29 is 5.11 Å². The average molecular weight is 285 g/mol. The maximum atomic E-state index is 9.52. The number of hydrogen-bond donors (Lipinski definition) is 1. The third-order valence-corrected chi connectivity index (χ3v) is 3.33. The van der Waals surface area contributed by atoms with E-state index >= 15 is 0 Å². The number of rotatable bonds is 3. The molecule has 3 aromatic rings. The summed E-state index contributed by atoms with van der Waals surface area (Å²) in [6.45, 7) is 0.659. The van der Waals surface area contributed by atoms with Gasteiger partial charge in [0.1, 0.15) is 11.6 Å². The van der Waals surface area contributed by atoms with E-state index in [0.29, 0.717) is 11.6 Å². The van der Waals surface area contributed by atoms with Gasteiger partial charge in [-0.1, -0.05) is 23.7 Å². The number of hydrogen-bond acceptors (Lipinski definition) is 2. The molecule has 20 heavy (non-hydrogen) atoms. The van der Waals surface area contributed by atoms with Crippen LogP contribution in [0.5, 0.6) is 5.75 Å². The molecule has 0 radical (unpaired) electrons. The molecule has 0 amide bonds. The number of benzene rings is 2. The van der Waals surface area contributed by atoms with Crippen LogP contribution in [-0.2, 0) is 6.54 Å². The second-order valence-electron chi connectivity index (χ2n) is 4.56. The van der Waals surface area contributed by atoms with E-state index in [0.717, 1.165) is 17.0 Å². The second kappa shape index (κ2) is 5.39. The van der Waals surface area contributed by atoms with Crippen molar-refractivity contribution in [2.45, 2.75) is 6.54 Å². The van der Waals surface area contributed by atoms with Crippen molar-refractivity contribution in [2.24, 2.45) is 0 Å². The first-order valence-corrected chi connectivity index (χ1v) is 6.65. The average Bonchev–Trinajstić information content (AvgIpc) is 2.88. The molecule has 0 spiro atoms. The Balaban J connectivity index is 1.92. The van der Waals surface area contributed by atoms with Crippen LogP contribution in [0.4, 0.5) is 0 Å². The topological polar surface area (TPSA) is 38.0 Å². The molecular weight excluding hydrogens is 272 g/mol. The summed E-state index contributed by atoms with van der Waals surface area (Å²) < 4.78 is 2.04. The molecule has 0 saturated heterocycles. The zero-order valence-corrected chi connectivity index (χ0v) is 11.5. The molecule has 100 valence electrons. The highest BCUT2D eigenvalue weighted by atomic mass is 35.5. The number of imidazole rings is 1. The summed E-state index contributed by atoms with van der Waals surface area (Å²) in [5, 5.41) is 10.2. The third-order valence-electron chi connectivity index (χ3n) is 3.08. The summed E-state index contributed by atoms with van der Waals surface area (Å²) in [6.07, 6.45) is 3.70. The molecular formula is C16H13ClN2O. The monoisotopic (exact) mass is 284 g/mol. The van der Waals surface area contributed by atoms with Crippen molar-refractivity contribution in [3.8, 4) is 17.1 Å². The number of aromatic hydroxyl groups is 1. The number of phenols is 1. The normalized spacial score (nSPS) is 10.7. The van der Waals surface area contributed by atoms with Gasteiger partial charge >= 0.3 is 0 Å². The fraction of sp³-hybridized carbons (Fsp3) is 0.0625. The van der Waals surface area contributed by atoms with Crippen LogP contribution in [-0.4, -0.2) is 14.7 Å². The van der Waals surface area contributed by atoms with Gasteiger partial charge in [-0.05, 0) is 42.0 Å². The first-order chi connectivity index (χ1) is 9.72. The van der Waals surface area contributed by atoms with Crippen LogP contribution in [0.25, 0.3) is 11.4 Å². The predicted molar refractivity (Wildman–Crippen MR) is 79.9 cm³/mol. The van der Waals surface area contributed by atoms with Gasteiger partial charge in [0.15, 0.2) is 0 Å². The Kier molecular flexibility index (Phi) is 3.44. The SMILES string of the molecule is Oc1cccc(Cn2ccnc2-c2ccc(Cl)cc2)c1. The van der Waals surface area contributed by atoms with Gasteiger partial charge in [-0.25, -0.2) is 4.98 Å². The van der Waals surface area contributed by atoms with Crippen LogP contribution in [0.3, 0.4) is 0 Å². The quantitative estimate of drug-likeness (QED) is 0.790. The number of phenolic OH excluding ortho intramolecular Hbond substituents is 1. The van der Waals surface area contributed by atoms with Crippen LogP contribution >= 0.6 is 11.6 Å². The van der Waals surface area contributed by atoms with E-state index in [1.807, 2.05) is 47.2 Å². The highest BCUT2D eigenvalue weighted by molar-refractivity contribution is 6.30. The van der Waals surface area contributed by atoms with Crippen LogP contribution in [0.1, 0.15) is 5.56 Å². The Morgan fingerprint density at radius 1 is 1.10 bits per heavy atom.